The summed E-state index contributed by atoms with van der Waals surface area (Å²) in [6, 6.07) is 20.8. The zero-order valence-corrected chi connectivity index (χ0v) is 21.2. The number of Topliss-reactive ketones (excluding diaryl/α,β-unsaturated/α-hetero) is 2. The van der Waals surface area contributed by atoms with Crippen LogP contribution in [0, 0.1) is 20.8 Å². The van der Waals surface area contributed by atoms with E-state index in [1.807, 2.05) is 29.5 Å². The molecule has 2 nitrogen and oxygen atoms in total. The molecule has 0 amide bonds. The number of ketones is 2. The van der Waals surface area contributed by atoms with Gasteiger partial charge in [-0.2, -0.15) is 0 Å². The first kappa shape index (κ1) is 22.7. The number of benzene rings is 2. The Morgan fingerprint density at radius 1 is 0.676 bits per heavy atom. The van der Waals surface area contributed by atoms with E-state index in [1.165, 1.54) is 48.2 Å². The molecule has 0 N–H and O–H groups in total. The number of carbonyl (C=O) groups excluding carboxylic acids is 2. The van der Waals surface area contributed by atoms with Crippen molar-refractivity contribution >= 4 is 45.4 Å². The fourth-order valence-corrected chi connectivity index (χ4v) is 6.83. The first-order valence-corrected chi connectivity index (χ1v) is 13.2. The van der Waals surface area contributed by atoms with Crippen molar-refractivity contribution in [2.24, 2.45) is 0 Å². The van der Waals surface area contributed by atoms with Gasteiger partial charge in [0.25, 0.3) is 0 Å². The monoisotopic (exact) mass is 482 g/mol. The normalized spacial score (nSPS) is 13.5. The van der Waals surface area contributed by atoms with Crippen LogP contribution in [0.4, 0.5) is 0 Å². The molecule has 34 heavy (non-hydrogen) atoms. The average Bonchev–Trinajstić information content (AvgIpc) is 3.56. The Bertz CT molecular complexity index is 1420. The maximum absolute atomic E-state index is 12.7. The Kier molecular flexibility index (Phi) is 6.20. The predicted molar refractivity (Wildman–Crippen MR) is 144 cm³/mol. The third kappa shape index (κ3) is 4.24. The van der Waals surface area contributed by atoms with E-state index in [-0.39, 0.29) is 0 Å². The van der Waals surface area contributed by atoms with Gasteiger partial charge in [-0.05, 0) is 80.0 Å². The molecule has 4 aromatic rings. The minimum atomic E-state index is -0.470. The molecule has 0 atom stereocenters. The van der Waals surface area contributed by atoms with Gasteiger partial charge in [0, 0.05) is 30.6 Å². The summed E-state index contributed by atoms with van der Waals surface area (Å²) in [4.78, 5) is 30.5. The summed E-state index contributed by atoms with van der Waals surface area (Å²) in [6.45, 7) is 6.62. The molecule has 0 fully saturated rings. The molecule has 0 saturated carbocycles. The van der Waals surface area contributed by atoms with Gasteiger partial charge in [0.2, 0.25) is 11.6 Å². The Morgan fingerprint density at radius 2 is 1.24 bits per heavy atom. The minimum absolute atomic E-state index is 0.423. The topological polar surface area (TPSA) is 34.1 Å². The molecule has 0 saturated heterocycles. The smallest absolute Gasteiger partial charge is 0.233 e. The van der Waals surface area contributed by atoms with Gasteiger partial charge in [-0.1, -0.05) is 54.6 Å². The molecule has 170 valence electrons. The lowest BCUT2D eigenvalue weighted by Gasteiger charge is -2.07. The number of thiophene rings is 2. The standard InChI is InChI=1S/C30H26O2S2/c1-18-16-26(19(2)33-18)24-10-7-11-25(24)27-17-28(34-20(27)3)21-12-14-23(15-13-21)30(32)29(31)22-8-5-4-6-9-22/h4-6,8-9,12-17H,7,10-11H2,1-3H3. The van der Waals surface area contributed by atoms with Crippen molar-refractivity contribution in [2.45, 2.75) is 40.0 Å². The highest BCUT2D eigenvalue weighted by molar-refractivity contribution is 7.15. The fourth-order valence-electron chi connectivity index (χ4n) is 4.83. The van der Waals surface area contributed by atoms with Crippen LogP contribution in [0.3, 0.4) is 0 Å². The first-order chi connectivity index (χ1) is 16.4. The van der Waals surface area contributed by atoms with Gasteiger partial charge in [-0.25, -0.2) is 0 Å². The van der Waals surface area contributed by atoms with Gasteiger partial charge in [0.05, 0.1) is 0 Å². The van der Waals surface area contributed by atoms with Crippen molar-refractivity contribution in [3.05, 3.63) is 104 Å². The molecule has 0 radical (unpaired) electrons. The summed E-state index contributed by atoms with van der Waals surface area (Å²) in [7, 11) is 0. The third-order valence-electron chi connectivity index (χ3n) is 6.50. The minimum Gasteiger partial charge on any atom is -0.285 e. The van der Waals surface area contributed by atoms with Gasteiger partial charge in [0.1, 0.15) is 0 Å². The Balaban J connectivity index is 1.43. The highest BCUT2D eigenvalue weighted by Crippen LogP contribution is 2.46. The summed E-state index contributed by atoms with van der Waals surface area (Å²) in [5.74, 6) is -0.940. The molecule has 4 heteroatoms. The molecule has 2 heterocycles. The summed E-state index contributed by atoms with van der Waals surface area (Å²) < 4.78 is 0. The molecular formula is C30H26O2S2. The maximum atomic E-state index is 12.7. The number of hydrogen-bond donors (Lipinski definition) is 0. The van der Waals surface area contributed by atoms with Crippen molar-refractivity contribution in [2.75, 3.05) is 0 Å². The van der Waals surface area contributed by atoms with Crippen LogP contribution in [0.25, 0.3) is 21.6 Å². The number of aryl methyl sites for hydroxylation is 3. The number of hydrogen-bond acceptors (Lipinski definition) is 4. The molecule has 5 rings (SSSR count). The Morgan fingerprint density at radius 3 is 1.82 bits per heavy atom. The second kappa shape index (κ2) is 9.28. The summed E-state index contributed by atoms with van der Waals surface area (Å²) >= 11 is 3.68. The molecule has 1 aliphatic rings. The summed E-state index contributed by atoms with van der Waals surface area (Å²) in [5.41, 5.74) is 7.70. The molecule has 2 aromatic heterocycles. The summed E-state index contributed by atoms with van der Waals surface area (Å²) in [6.07, 6.45) is 3.47. The zero-order chi connectivity index (χ0) is 23.8. The molecule has 2 aromatic carbocycles. The van der Waals surface area contributed by atoms with Crippen molar-refractivity contribution in [3.63, 3.8) is 0 Å². The van der Waals surface area contributed by atoms with Crippen LogP contribution in [0.15, 0.2) is 66.7 Å². The molecule has 0 unspecified atom stereocenters. The quantitative estimate of drug-likeness (QED) is 0.204. The molecular weight excluding hydrogens is 456 g/mol. The van der Waals surface area contributed by atoms with Crippen molar-refractivity contribution in [1.29, 1.82) is 0 Å². The van der Waals surface area contributed by atoms with E-state index in [1.54, 1.807) is 47.7 Å². The first-order valence-electron chi connectivity index (χ1n) is 11.6. The van der Waals surface area contributed by atoms with E-state index in [4.69, 9.17) is 0 Å². The van der Waals surface area contributed by atoms with Crippen LogP contribution in [-0.2, 0) is 0 Å². The van der Waals surface area contributed by atoms with Crippen LogP contribution in [0.1, 0.15) is 65.7 Å². The molecule has 0 aliphatic heterocycles. The largest absolute Gasteiger partial charge is 0.285 e. The van der Waals surface area contributed by atoms with E-state index in [2.05, 4.69) is 32.9 Å². The van der Waals surface area contributed by atoms with Gasteiger partial charge in [0.15, 0.2) is 0 Å². The van der Waals surface area contributed by atoms with Crippen LogP contribution < -0.4 is 0 Å². The summed E-state index contributed by atoms with van der Waals surface area (Å²) in [5, 5.41) is 0. The predicted octanol–water partition coefficient (Wildman–Crippen LogP) is 8.56. The fraction of sp³-hybridized carbons (Fsp3) is 0.200. The van der Waals surface area contributed by atoms with E-state index >= 15 is 0 Å². The van der Waals surface area contributed by atoms with Gasteiger partial charge < -0.3 is 0 Å². The second-order valence-electron chi connectivity index (χ2n) is 8.82. The Labute approximate surface area is 208 Å². The van der Waals surface area contributed by atoms with Crippen molar-refractivity contribution < 1.29 is 9.59 Å². The highest BCUT2D eigenvalue weighted by Gasteiger charge is 2.23. The number of allylic oxidation sites excluding steroid dienone is 2. The van der Waals surface area contributed by atoms with E-state index in [0.717, 1.165) is 18.4 Å². The third-order valence-corrected chi connectivity index (χ3v) is 8.57. The lowest BCUT2D eigenvalue weighted by molar-refractivity contribution is 0.0817. The van der Waals surface area contributed by atoms with Crippen molar-refractivity contribution in [1.82, 2.24) is 0 Å². The maximum Gasteiger partial charge on any atom is 0.233 e. The highest BCUT2D eigenvalue weighted by atomic mass is 32.1. The van der Waals surface area contributed by atoms with Gasteiger partial charge in [-0.3, -0.25) is 9.59 Å². The van der Waals surface area contributed by atoms with Crippen LogP contribution in [0.2, 0.25) is 0 Å². The van der Waals surface area contributed by atoms with Gasteiger partial charge >= 0.3 is 0 Å². The molecule has 1 aliphatic carbocycles. The molecule has 0 bridgehead atoms. The van der Waals surface area contributed by atoms with Crippen LogP contribution in [-0.4, -0.2) is 11.6 Å². The van der Waals surface area contributed by atoms with Gasteiger partial charge in [-0.15, -0.1) is 22.7 Å². The van der Waals surface area contributed by atoms with Crippen LogP contribution >= 0.6 is 22.7 Å². The lowest BCUT2D eigenvalue weighted by Crippen LogP contribution is -2.14. The SMILES string of the molecule is Cc1cc(C2=C(c3cc(-c4ccc(C(=O)C(=O)c5ccccc5)cc4)sc3C)CCC2)c(C)s1. The van der Waals surface area contributed by atoms with E-state index in [0.29, 0.717) is 11.1 Å². The van der Waals surface area contributed by atoms with Crippen molar-refractivity contribution in [3.8, 4) is 10.4 Å². The Hall–Kier alpha value is -3.08. The van der Waals surface area contributed by atoms with E-state index in [9.17, 15) is 9.59 Å². The number of carbonyl (C=O) groups is 2. The second-order valence-corrected chi connectivity index (χ2v) is 11.5. The average molecular weight is 483 g/mol. The zero-order valence-electron chi connectivity index (χ0n) is 19.6. The molecule has 0 spiro atoms. The van der Waals surface area contributed by atoms with E-state index < -0.39 is 11.6 Å². The van der Waals surface area contributed by atoms with Crippen LogP contribution in [0.5, 0.6) is 0 Å². The lowest BCUT2D eigenvalue weighted by atomic mass is 9.97. The number of rotatable bonds is 6.